The molecule has 0 bridgehead atoms. The standard InChI is InChI=1S/C20H28N2O3/c23-18-13-22(10-9-20(18)8-3-11-25-20)14-19(24)21-17-7-6-15-4-1-2-5-16(15)12-17/h6-7,12,18,23H,1-5,8-11,13-14H2,(H,21,24)/t18-,20-/m0/s1. The van der Waals surface area contributed by atoms with Crippen molar-refractivity contribution in [3.63, 3.8) is 0 Å². The van der Waals surface area contributed by atoms with Crippen molar-refractivity contribution in [1.29, 1.82) is 0 Å². The molecule has 2 aliphatic heterocycles. The number of hydrogen-bond donors (Lipinski definition) is 2. The van der Waals surface area contributed by atoms with Gasteiger partial charge >= 0.3 is 0 Å². The third kappa shape index (κ3) is 3.59. The number of aryl methyl sites for hydroxylation is 2. The van der Waals surface area contributed by atoms with Gasteiger partial charge in [-0.15, -0.1) is 0 Å². The molecule has 5 nitrogen and oxygen atoms in total. The Hall–Kier alpha value is -1.43. The highest BCUT2D eigenvalue weighted by molar-refractivity contribution is 5.92. The monoisotopic (exact) mass is 344 g/mol. The molecule has 136 valence electrons. The van der Waals surface area contributed by atoms with Crippen LogP contribution in [0.25, 0.3) is 0 Å². The molecule has 2 heterocycles. The minimum absolute atomic E-state index is 0.00810. The third-order valence-electron chi connectivity index (χ3n) is 6.02. The number of rotatable bonds is 3. The summed E-state index contributed by atoms with van der Waals surface area (Å²) < 4.78 is 5.82. The van der Waals surface area contributed by atoms with Gasteiger partial charge in [0.15, 0.2) is 0 Å². The molecule has 0 saturated carbocycles. The van der Waals surface area contributed by atoms with Gasteiger partial charge in [0, 0.05) is 25.4 Å². The Bertz CT molecular complexity index is 640. The van der Waals surface area contributed by atoms with Crippen LogP contribution in [0, 0.1) is 0 Å². The zero-order chi connectivity index (χ0) is 17.3. The Morgan fingerprint density at radius 1 is 1.24 bits per heavy atom. The number of carbonyl (C=O) groups is 1. The summed E-state index contributed by atoms with van der Waals surface area (Å²) in [4.78, 5) is 14.4. The van der Waals surface area contributed by atoms with Crippen LogP contribution in [0.15, 0.2) is 18.2 Å². The van der Waals surface area contributed by atoms with Crippen molar-refractivity contribution in [1.82, 2.24) is 4.90 Å². The number of aliphatic hydroxyl groups is 1. The van der Waals surface area contributed by atoms with Gasteiger partial charge in [0.05, 0.1) is 18.2 Å². The van der Waals surface area contributed by atoms with E-state index in [1.807, 2.05) is 11.0 Å². The number of likely N-dealkylation sites (tertiary alicyclic amines) is 1. The first kappa shape index (κ1) is 17.0. The number of carbonyl (C=O) groups excluding carboxylic acids is 1. The van der Waals surface area contributed by atoms with Gasteiger partial charge in [0.1, 0.15) is 0 Å². The molecule has 1 spiro atoms. The number of amides is 1. The number of anilines is 1. The number of hydrogen-bond acceptors (Lipinski definition) is 4. The summed E-state index contributed by atoms with van der Waals surface area (Å²) in [6.07, 6.45) is 7.03. The average molecular weight is 344 g/mol. The molecule has 4 rings (SSSR count). The lowest BCUT2D eigenvalue weighted by Crippen LogP contribution is -2.56. The Morgan fingerprint density at radius 3 is 2.84 bits per heavy atom. The van der Waals surface area contributed by atoms with Crippen molar-refractivity contribution in [2.24, 2.45) is 0 Å². The van der Waals surface area contributed by atoms with Crippen LogP contribution in [0.4, 0.5) is 5.69 Å². The maximum Gasteiger partial charge on any atom is 0.238 e. The van der Waals surface area contributed by atoms with Crippen LogP contribution in [0.2, 0.25) is 0 Å². The summed E-state index contributed by atoms with van der Waals surface area (Å²) in [5.41, 5.74) is 3.33. The molecular weight excluding hydrogens is 316 g/mol. The minimum Gasteiger partial charge on any atom is -0.389 e. The smallest absolute Gasteiger partial charge is 0.238 e. The lowest BCUT2D eigenvalue weighted by molar-refractivity contribution is -0.135. The molecule has 0 aromatic heterocycles. The molecule has 1 aromatic carbocycles. The van der Waals surface area contributed by atoms with Crippen molar-refractivity contribution >= 4 is 11.6 Å². The van der Waals surface area contributed by atoms with E-state index < -0.39 is 6.10 Å². The molecule has 0 radical (unpaired) electrons. The van der Waals surface area contributed by atoms with Gasteiger partial charge in [-0.05, 0) is 68.2 Å². The first-order valence-electron chi connectivity index (χ1n) is 9.61. The number of β-amino-alcohol motifs (C(OH)–C–C–N with tert-alkyl or cyclic N) is 1. The summed E-state index contributed by atoms with van der Waals surface area (Å²) >= 11 is 0. The highest BCUT2D eigenvalue weighted by atomic mass is 16.5. The lowest BCUT2D eigenvalue weighted by atomic mass is 9.86. The van der Waals surface area contributed by atoms with E-state index in [0.717, 1.165) is 50.9 Å². The van der Waals surface area contributed by atoms with E-state index >= 15 is 0 Å². The number of ether oxygens (including phenoxy) is 1. The third-order valence-corrected chi connectivity index (χ3v) is 6.02. The fourth-order valence-corrected chi connectivity index (χ4v) is 4.55. The molecule has 2 N–H and O–H groups in total. The molecule has 2 atom stereocenters. The summed E-state index contributed by atoms with van der Waals surface area (Å²) in [7, 11) is 0. The maximum atomic E-state index is 12.4. The fraction of sp³-hybridized carbons (Fsp3) is 0.650. The molecular formula is C20H28N2O3. The lowest BCUT2D eigenvalue weighted by Gasteiger charge is -2.42. The SMILES string of the molecule is O=C(CN1CC[C@@]2(CCCO2)[C@@H](O)C1)Nc1ccc2c(c1)CCCC2. The van der Waals surface area contributed by atoms with Gasteiger partial charge in [-0.3, -0.25) is 9.69 Å². The Balaban J connectivity index is 1.32. The molecule has 2 fully saturated rings. The summed E-state index contributed by atoms with van der Waals surface area (Å²) in [6.45, 7) is 2.38. The molecule has 25 heavy (non-hydrogen) atoms. The van der Waals surface area contributed by atoms with Crippen LogP contribution in [-0.4, -0.2) is 53.9 Å². The van der Waals surface area contributed by atoms with Crippen LogP contribution < -0.4 is 5.32 Å². The molecule has 1 amide bonds. The van der Waals surface area contributed by atoms with E-state index in [0.29, 0.717) is 13.1 Å². The number of benzene rings is 1. The Labute approximate surface area is 149 Å². The molecule has 1 aliphatic carbocycles. The highest BCUT2D eigenvalue weighted by Crippen LogP contribution is 2.35. The quantitative estimate of drug-likeness (QED) is 0.882. The number of nitrogens with one attached hydrogen (secondary N) is 1. The van der Waals surface area contributed by atoms with Crippen LogP contribution in [0.5, 0.6) is 0 Å². The van der Waals surface area contributed by atoms with E-state index in [-0.39, 0.29) is 11.5 Å². The second kappa shape index (κ2) is 7.06. The summed E-state index contributed by atoms with van der Waals surface area (Å²) in [6, 6.07) is 6.28. The van der Waals surface area contributed by atoms with Crippen LogP contribution in [-0.2, 0) is 22.4 Å². The zero-order valence-electron chi connectivity index (χ0n) is 14.8. The summed E-state index contributed by atoms with van der Waals surface area (Å²) in [5, 5.41) is 13.5. The van der Waals surface area contributed by atoms with Crippen molar-refractivity contribution in [2.45, 2.75) is 56.7 Å². The van der Waals surface area contributed by atoms with E-state index in [9.17, 15) is 9.90 Å². The van der Waals surface area contributed by atoms with Crippen LogP contribution in [0.3, 0.4) is 0 Å². The summed E-state index contributed by atoms with van der Waals surface area (Å²) in [5.74, 6) is -0.00810. The maximum absolute atomic E-state index is 12.4. The molecule has 2 saturated heterocycles. The van der Waals surface area contributed by atoms with Gasteiger partial charge in [-0.1, -0.05) is 6.07 Å². The van der Waals surface area contributed by atoms with Gasteiger partial charge in [-0.2, -0.15) is 0 Å². The average Bonchev–Trinajstić information content (AvgIpc) is 3.08. The largest absolute Gasteiger partial charge is 0.389 e. The van der Waals surface area contributed by atoms with Gasteiger partial charge in [0.2, 0.25) is 5.91 Å². The number of aliphatic hydroxyl groups excluding tert-OH is 1. The molecule has 0 unspecified atom stereocenters. The second-order valence-corrected chi connectivity index (χ2v) is 7.76. The Morgan fingerprint density at radius 2 is 2.08 bits per heavy atom. The fourth-order valence-electron chi connectivity index (χ4n) is 4.55. The van der Waals surface area contributed by atoms with Crippen molar-refractivity contribution in [3.05, 3.63) is 29.3 Å². The van der Waals surface area contributed by atoms with E-state index in [1.54, 1.807) is 0 Å². The van der Waals surface area contributed by atoms with Crippen LogP contribution in [0.1, 0.15) is 43.2 Å². The first-order valence-corrected chi connectivity index (χ1v) is 9.61. The zero-order valence-corrected chi connectivity index (χ0v) is 14.8. The molecule has 1 aromatic rings. The topological polar surface area (TPSA) is 61.8 Å². The van der Waals surface area contributed by atoms with Gasteiger partial charge in [-0.25, -0.2) is 0 Å². The highest BCUT2D eigenvalue weighted by Gasteiger charge is 2.45. The predicted molar refractivity (Wildman–Crippen MR) is 96.7 cm³/mol. The van der Waals surface area contributed by atoms with Gasteiger partial charge in [0.25, 0.3) is 0 Å². The number of piperidine rings is 1. The molecule has 3 aliphatic rings. The molecule has 5 heteroatoms. The van der Waals surface area contributed by atoms with Gasteiger partial charge < -0.3 is 15.2 Å². The van der Waals surface area contributed by atoms with Crippen LogP contribution >= 0.6 is 0 Å². The second-order valence-electron chi connectivity index (χ2n) is 7.76. The van der Waals surface area contributed by atoms with Crippen molar-refractivity contribution < 1.29 is 14.6 Å². The van der Waals surface area contributed by atoms with E-state index in [2.05, 4.69) is 17.4 Å². The Kier molecular flexibility index (Phi) is 4.80. The number of nitrogens with zero attached hydrogens (tertiary/aromatic N) is 1. The minimum atomic E-state index is -0.500. The normalized spacial score (nSPS) is 29.6. The van der Waals surface area contributed by atoms with E-state index in [1.165, 1.54) is 24.0 Å². The van der Waals surface area contributed by atoms with Crippen molar-refractivity contribution in [2.75, 3.05) is 31.6 Å². The predicted octanol–water partition coefficient (Wildman–Crippen LogP) is 2.12. The van der Waals surface area contributed by atoms with Crippen molar-refractivity contribution in [3.8, 4) is 0 Å². The first-order chi connectivity index (χ1) is 12.1. The number of fused-ring (bicyclic) bond motifs is 1. The van der Waals surface area contributed by atoms with E-state index in [4.69, 9.17) is 4.74 Å².